The highest BCUT2D eigenvalue weighted by Crippen LogP contribution is 2.26. The lowest BCUT2D eigenvalue weighted by Gasteiger charge is -2.16. The van der Waals surface area contributed by atoms with Gasteiger partial charge in [0.2, 0.25) is 0 Å². The largest absolute Gasteiger partial charge is 0.493 e. The number of thiol groups is 1. The molecule has 1 aromatic carbocycles. The Balaban J connectivity index is 2.63. The zero-order valence-corrected chi connectivity index (χ0v) is 13.3. The minimum absolute atomic E-state index is 0.549. The van der Waals surface area contributed by atoms with E-state index in [1.54, 1.807) is 0 Å². The summed E-state index contributed by atoms with van der Waals surface area (Å²) >= 11 is 7.93. The molecule has 0 heterocycles. The summed E-state index contributed by atoms with van der Waals surface area (Å²) in [5.74, 6) is 2.40. The molecule has 1 aromatic rings. The second-order valence-corrected chi connectivity index (χ2v) is 5.68. The summed E-state index contributed by atoms with van der Waals surface area (Å²) in [5.41, 5.74) is 2.44. The standard InChI is InChI=1S/C14H21BrOS/c1-4-5-12(9-17)8-16-13-6-10(2)14(15)11(3)7-13/h6-7,12,17H,4-5,8-9H2,1-3H3. The molecule has 0 aromatic heterocycles. The molecule has 0 aliphatic heterocycles. The molecule has 0 bridgehead atoms. The van der Waals surface area contributed by atoms with Gasteiger partial charge in [0.1, 0.15) is 5.75 Å². The molecule has 0 fully saturated rings. The maximum absolute atomic E-state index is 5.86. The van der Waals surface area contributed by atoms with Crippen LogP contribution in [-0.4, -0.2) is 12.4 Å². The van der Waals surface area contributed by atoms with E-state index in [9.17, 15) is 0 Å². The third-order valence-electron chi connectivity index (χ3n) is 2.85. The minimum atomic E-state index is 0.549. The van der Waals surface area contributed by atoms with Crippen molar-refractivity contribution < 1.29 is 4.74 Å². The SMILES string of the molecule is CCCC(CS)COc1cc(C)c(Br)c(C)c1. The Kier molecular flexibility index (Phi) is 6.42. The van der Waals surface area contributed by atoms with Crippen molar-refractivity contribution in [1.29, 1.82) is 0 Å². The summed E-state index contributed by atoms with van der Waals surface area (Å²) in [4.78, 5) is 0. The van der Waals surface area contributed by atoms with Crippen molar-refractivity contribution in [3.05, 3.63) is 27.7 Å². The topological polar surface area (TPSA) is 9.23 Å². The Hall–Kier alpha value is -0.150. The first-order chi connectivity index (χ1) is 8.08. The third-order valence-corrected chi connectivity index (χ3v) is 4.62. The first kappa shape index (κ1) is 14.9. The van der Waals surface area contributed by atoms with Crippen LogP contribution in [0.5, 0.6) is 5.75 Å². The van der Waals surface area contributed by atoms with Crippen molar-refractivity contribution in [3.8, 4) is 5.75 Å². The highest BCUT2D eigenvalue weighted by atomic mass is 79.9. The van der Waals surface area contributed by atoms with E-state index in [1.807, 2.05) is 0 Å². The lowest BCUT2D eigenvalue weighted by Crippen LogP contribution is -2.13. The molecule has 0 spiro atoms. The van der Waals surface area contributed by atoms with Gasteiger partial charge in [0.15, 0.2) is 0 Å². The van der Waals surface area contributed by atoms with Gasteiger partial charge in [-0.05, 0) is 49.3 Å². The number of ether oxygens (including phenoxy) is 1. The molecule has 1 unspecified atom stereocenters. The summed E-state index contributed by atoms with van der Waals surface area (Å²) in [7, 11) is 0. The predicted octanol–water partition coefficient (Wildman–Crippen LogP) is 4.79. The molecule has 0 radical (unpaired) electrons. The van der Waals surface area contributed by atoms with Crippen molar-refractivity contribution >= 4 is 28.6 Å². The molecule has 3 heteroatoms. The maximum Gasteiger partial charge on any atom is 0.119 e. The Bertz CT molecular complexity index is 342. The monoisotopic (exact) mass is 316 g/mol. The van der Waals surface area contributed by atoms with Crippen LogP contribution in [0.4, 0.5) is 0 Å². The second kappa shape index (κ2) is 7.32. The van der Waals surface area contributed by atoms with Crippen molar-refractivity contribution in [2.75, 3.05) is 12.4 Å². The highest BCUT2D eigenvalue weighted by Gasteiger charge is 2.08. The van der Waals surface area contributed by atoms with Gasteiger partial charge in [0.05, 0.1) is 6.61 Å². The zero-order chi connectivity index (χ0) is 12.8. The van der Waals surface area contributed by atoms with Crippen molar-refractivity contribution in [1.82, 2.24) is 0 Å². The quantitative estimate of drug-likeness (QED) is 0.742. The first-order valence-corrected chi connectivity index (χ1v) is 7.51. The van der Waals surface area contributed by atoms with Crippen LogP contribution in [0.3, 0.4) is 0 Å². The molecule has 0 aliphatic rings. The summed E-state index contributed by atoms with van der Waals surface area (Å²) < 4.78 is 7.03. The van der Waals surface area contributed by atoms with Crippen LogP contribution >= 0.6 is 28.6 Å². The summed E-state index contributed by atoms with van der Waals surface area (Å²) in [6.45, 7) is 7.14. The second-order valence-electron chi connectivity index (χ2n) is 4.52. The van der Waals surface area contributed by atoms with Gasteiger partial charge in [-0.1, -0.05) is 29.3 Å². The molecule has 0 N–H and O–H groups in total. The van der Waals surface area contributed by atoms with Gasteiger partial charge in [-0.25, -0.2) is 0 Å². The Labute approximate surface area is 118 Å². The number of hydrogen-bond donors (Lipinski definition) is 1. The fourth-order valence-electron chi connectivity index (χ4n) is 1.84. The fraction of sp³-hybridized carbons (Fsp3) is 0.571. The van der Waals surface area contributed by atoms with Gasteiger partial charge in [-0.3, -0.25) is 0 Å². The van der Waals surface area contributed by atoms with E-state index in [2.05, 4.69) is 61.5 Å². The van der Waals surface area contributed by atoms with Crippen molar-refractivity contribution in [2.45, 2.75) is 33.6 Å². The van der Waals surface area contributed by atoms with E-state index in [0.717, 1.165) is 18.1 Å². The van der Waals surface area contributed by atoms with Gasteiger partial charge in [-0.15, -0.1) is 0 Å². The van der Waals surface area contributed by atoms with Gasteiger partial charge in [0, 0.05) is 10.4 Å². The molecule has 0 amide bonds. The number of benzene rings is 1. The first-order valence-electron chi connectivity index (χ1n) is 6.08. The van der Waals surface area contributed by atoms with Gasteiger partial charge < -0.3 is 4.74 Å². The van der Waals surface area contributed by atoms with Gasteiger partial charge in [-0.2, -0.15) is 12.6 Å². The fourth-order valence-corrected chi connectivity index (χ4v) is 2.36. The number of aryl methyl sites for hydroxylation is 2. The summed E-state index contributed by atoms with van der Waals surface area (Å²) in [5, 5.41) is 0. The third kappa shape index (κ3) is 4.55. The Morgan fingerprint density at radius 1 is 1.29 bits per heavy atom. The predicted molar refractivity (Wildman–Crippen MR) is 81.4 cm³/mol. The van der Waals surface area contributed by atoms with Crippen LogP contribution in [0.2, 0.25) is 0 Å². The van der Waals surface area contributed by atoms with Gasteiger partial charge in [0.25, 0.3) is 0 Å². The smallest absolute Gasteiger partial charge is 0.119 e. The summed E-state index contributed by atoms with van der Waals surface area (Å²) in [6, 6.07) is 4.16. The van der Waals surface area contributed by atoms with E-state index in [0.29, 0.717) is 5.92 Å². The Morgan fingerprint density at radius 3 is 2.35 bits per heavy atom. The molecule has 0 saturated carbocycles. The van der Waals surface area contributed by atoms with Crippen LogP contribution in [-0.2, 0) is 0 Å². The zero-order valence-electron chi connectivity index (χ0n) is 10.8. The van der Waals surface area contributed by atoms with E-state index in [4.69, 9.17) is 4.74 Å². The lowest BCUT2D eigenvalue weighted by molar-refractivity contribution is 0.254. The van der Waals surface area contributed by atoms with Gasteiger partial charge >= 0.3 is 0 Å². The number of halogens is 1. The normalized spacial score (nSPS) is 12.5. The molecule has 17 heavy (non-hydrogen) atoms. The van der Waals surface area contributed by atoms with Crippen LogP contribution in [0, 0.1) is 19.8 Å². The van der Waals surface area contributed by atoms with Crippen LogP contribution in [0.25, 0.3) is 0 Å². The average Bonchev–Trinajstić information content (AvgIpc) is 2.31. The van der Waals surface area contributed by atoms with Crippen LogP contribution < -0.4 is 4.74 Å². The van der Waals surface area contributed by atoms with E-state index < -0.39 is 0 Å². The maximum atomic E-state index is 5.86. The molecule has 1 atom stereocenters. The number of rotatable bonds is 6. The average molecular weight is 317 g/mol. The van der Waals surface area contributed by atoms with Crippen LogP contribution in [0.1, 0.15) is 30.9 Å². The summed E-state index contributed by atoms with van der Waals surface area (Å²) in [6.07, 6.45) is 2.37. The molecule has 0 aliphatic carbocycles. The Morgan fingerprint density at radius 2 is 1.88 bits per heavy atom. The highest BCUT2D eigenvalue weighted by molar-refractivity contribution is 9.10. The van der Waals surface area contributed by atoms with Crippen molar-refractivity contribution in [2.24, 2.45) is 5.92 Å². The lowest BCUT2D eigenvalue weighted by atomic mass is 10.1. The molecular formula is C14H21BrOS. The van der Waals surface area contributed by atoms with Crippen LogP contribution in [0.15, 0.2) is 16.6 Å². The molecule has 1 rings (SSSR count). The molecule has 1 nitrogen and oxygen atoms in total. The van der Waals surface area contributed by atoms with E-state index >= 15 is 0 Å². The molecule has 96 valence electrons. The molecular weight excluding hydrogens is 296 g/mol. The minimum Gasteiger partial charge on any atom is -0.493 e. The van der Waals surface area contributed by atoms with E-state index in [-0.39, 0.29) is 0 Å². The molecule has 0 saturated heterocycles. The number of hydrogen-bond acceptors (Lipinski definition) is 2. The van der Waals surface area contributed by atoms with E-state index in [1.165, 1.54) is 28.4 Å². The van der Waals surface area contributed by atoms with Crippen molar-refractivity contribution in [3.63, 3.8) is 0 Å².